The summed E-state index contributed by atoms with van der Waals surface area (Å²) in [4.78, 5) is 25.7. The smallest absolute Gasteiger partial charge is 0.336 e. The van der Waals surface area contributed by atoms with Crippen LogP contribution in [0.5, 0.6) is 5.75 Å². The van der Waals surface area contributed by atoms with E-state index in [1.807, 2.05) is 0 Å². The van der Waals surface area contributed by atoms with E-state index < -0.39 is 12.1 Å². The van der Waals surface area contributed by atoms with Gasteiger partial charge in [0.1, 0.15) is 11.3 Å². The van der Waals surface area contributed by atoms with Gasteiger partial charge in [-0.15, -0.1) is 0 Å². The van der Waals surface area contributed by atoms with Crippen molar-refractivity contribution >= 4 is 17.6 Å². The van der Waals surface area contributed by atoms with Gasteiger partial charge in [-0.1, -0.05) is 6.07 Å². The predicted molar refractivity (Wildman–Crippen MR) is 75.1 cm³/mol. The molecule has 2 N–H and O–H groups in total. The maximum Gasteiger partial charge on any atom is 0.336 e. The summed E-state index contributed by atoms with van der Waals surface area (Å²) in [5.41, 5.74) is 6.51. The van der Waals surface area contributed by atoms with Crippen LogP contribution in [-0.4, -0.2) is 56.8 Å². The van der Waals surface area contributed by atoms with Gasteiger partial charge in [-0.05, 0) is 12.1 Å². The molecular formula is C14H18N2O5. The number of carbonyl (C=O) groups is 2. The van der Waals surface area contributed by atoms with Crippen LogP contribution in [0.2, 0.25) is 0 Å². The highest BCUT2D eigenvalue weighted by Gasteiger charge is 2.32. The molecule has 1 aromatic carbocycles. The molecule has 1 aliphatic rings. The number of morpholine rings is 1. The molecule has 0 radical (unpaired) electrons. The number of carbonyl (C=O) groups excluding carboxylic acids is 2. The van der Waals surface area contributed by atoms with Gasteiger partial charge in [0.25, 0.3) is 5.91 Å². The van der Waals surface area contributed by atoms with E-state index in [1.54, 1.807) is 18.2 Å². The SMILES string of the molecule is COC(=O)C1CN(C(=O)c2c(N)cccc2OC)CCO1. The summed E-state index contributed by atoms with van der Waals surface area (Å²) in [6.45, 7) is 0.771. The Balaban J connectivity index is 2.22. The molecule has 0 saturated carbocycles. The molecule has 1 atom stereocenters. The number of nitrogen functional groups attached to an aromatic ring is 1. The molecule has 0 aliphatic carbocycles. The van der Waals surface area contributed by atoms with Gasteiger partial charge in [-0.25, -0.2) is 4.79 Å². The van der Waals surface area contributed by atoms with Crippen LogP contribution in [0.4, 0.5) is 5.69 Å². The molecule has 1 heterocycles. The molecule has 0 spiro atoms. The molecule has 7 heteroatoms. The summed E-state index contributed by atoms with van der Waals surface area (Å²) in [5.74, 6) is -0.385. The molecule has 1 aromatic rings. The van der Waals surface area contributed by atoms with E-state index in [0.717, 1.165) is 0 Å². The third-order valence-electron chi connectivity index (χ3n) is 3.31. The zero-order chi connectivity index (χ0) is 15.4. The van der Waals surface area contributed by atoms with Crippen molar-refractivity contribution in [3.8, 4) is 5.75 Å². The molecule has 114 valence electrons. The van der Waals surface area contributed by atoms with Gasteiger partial charge in [0.05, 0.1) is 27.4 Å². The first-order chi connectivity index (χ1) is 10.1. The number of hydrogen-bond donors (Lipinski definition) is 1. The number of nitrogens with zero attached hydrogens (tertiary/aromatic N) is 1. The van der Waals surface area contributed by atoms with Crippen LogP contribution >= 0.6 is 0 Å². The van der Waals surface area contributed by atoms with Crippen molar-refractivity contribution in [1.29, 1.82) is 0 Å². The van der Waals surface area contributed by atoms with Crippen LogP contribution in [0.1, 0.15) is 10.4 Å². The van der Waals surface area contributed by atoms with E-state index >= 15 is 0 Å². The van der Waals surface area contributed by atoms with Crippen LogP contribution < -0.4 is 10.5 Å². The van der Waals surface area contributed by atoms with E-state index in [2.05, 4.69) is 4.74 Å². The van der Waals surface area contributed by atoms with Crippen LogP contribution in [0, 0.1) is 0 Å². The molecule has 1 fully saturated rings. The minimum Gasteiger partial charge on any atom is -0.496 e. The highest BCUT2D eigenvalue weighted by Crippen LogP contribution is 2.26. The van der Waals surface area contributed by atoms with Crippen molar-refractivity contribution in [2.24, 2.45) is 0 Å². The molecule has 7 nitrogen and oxygen atoms in total. The lowest BCUT2D eigenvalue weighted by Gasteiger charge is -2.32. The highest BCUT2D eigenvalue weighted by atomic mass is 16.6. The number of amides is 1. The average molecular weight is 294 g/mol. The van der Waals surface area contributed by atoms with Gasteiger partial charge in [0.2, 0.25) is 0 Å². The highest BCUT2D eigenvalue weighted by molar-refractivity contribution is 6.02. The second-order valence-electron chi connectivity index (χ2n) is 4.56. The number of rotatable bonds is 3. The fourth-order valence-electron chi connectivity index (χ4n) is 2.21. The second-order valence-corrected chi connectivity index (χ2v) is 4.56. The third kappa shape index (κ3) is 3.08. The molecule has 0 bridgehead atoms. The number of nitrogens with two attached hydrogens (primary N) is 1. The largest absolute Gasteiger partial charge is 0.496 e. The maximum atomic E-state index is 12.6. The van der Waals surface area contributed by atoms with Gasteiger partial charge in [0, 0.05) is 12.2 Å². The number of anilines is 1. The monoisotopic (exact) mass is 294 g/mol. The topological polar surface area (TPSA) is 91.1 Å². The molecule has 1 amide bonds. The lowest BCUT2D eigenvalue weighted by Crippen LogP contribution is -2.49. The van der Waals surface area contributed by atoms with Gasteiger partial charge in [-0.3, -0.25) is 4.79 Å². The fourth-order valence-corrected chi connectivity index (χ4v) is 2.21. The quantitative estimate of drug-likeness (QED) is 0.636. The molecule has 21 heavy (non-hydrogen) atoms. The average Bonchev–Trinajstić information content (AvgIpc) is 2.53. The van der Waals surface area contributed by atoms with Gasteiger partial charge in [-0.2, -0.15) is 0 Å². The van der Waals surface area contributed by atoms with Gasteiger partial charge < -0.3 is 24.8 Å². The van der Waals surface area contributed by atoms with Crippen LogP contribution in [-0.2, 0) is 14.3 Å². The summed E-state index contributed by atoms with van der Waals surface area (Å²) in [6, 6.07) is 5.01. The zero-order valence-corrected chi connectivity index (χ0v) is 12.0. The number of esters is 1. The Bertz CT molecular complexity index is 546. The molecular weight excluding hydrogens is 276 g/mol. The van der Waals surface area contributed by atoms with Gasteiger partial charge >= 0.3 is 5.97 Å². The van der Waals surface area contributed by atoms with Crippen molar-refractivity contribution in [2.45, 2.75) is 6.10 Å². The molecule has 1 unspecified atom stereocenters. The van der Waals surface area contributed by atoms with E-state index in [9.17, 15) is 9.59 Å². The van der Waals surface area contributed by atoms with Gasteiger partial charge in [0.15, 0.2) is 6.10 Å². The lowest BCUT2D eigenvalue weighted by molar-refractivity contribution is -0.158. The fraction of sp³-hybridized carbons (Fsp3) is 0.429. The van der Waals surface area contributed by atoms with E-state index in [-0.39, 0.29) is 19.1 Å². The number of methoxy groups -OCH3 is 2. The Morgan fingerprint density at radius 3 is 2.81 bits per heavy atom. The Labute approximate surface area is 122 Å². The molecule has 0 aromatic heterocycles. The Morgan fingerprint density at radius 2 is 2.14 bits per heavy atom. The normalized spacial score (nSPS) is 18.2. The second kappa shape index (κ2) is 6.45. The summed E-state index contributed by atoms with van der Waals surface area (Å²) in [7, 11) is 2.76. The minimum atomic E-state index is -0.774. The summed E-state index contributed by atoms with van der Waals surface area (Å²) in [6.07, 6.45) is -0.774. The van der Waals surface area contributed by atoms with Crippen LogP contribution in [0.25, 0.3) is 0 Å². The van der Waals surface area contributed by atoms with Crippen molar-refractivity contribution < 1.29 is 23.8 Å². The Kier molecular flexibility index (Phi) is 4.64. The van der Waals surface area contributed by atoms with E-state index in [4.69, 9.17) is 15.2 Å². The lowest BCUT2D eigenvalue weighted by atomic mass is 10.1. The van der Waals surface area contributed by atoms with E-state index in [1.165, 1.54) is 19.1 Å². The Morgan fingerprint density at radius 1 is 1.38 bits per heavy atom. The van der Waals surface area contributed by atoms with Crippen molar-refractivity contribution in [1.82, 2.24) is 4.90 Å². The predicted octanol–water partition coefficient (Wildman–Crippen LogP) is 0.291. The molecule has 1 aliphatic heterocycles. The van der Waals surface area contributed by atoms with Crippen molar-refractivity contribution in [2.75, 3.05) is 39.6 Å². The summed E-state index contributed by atoms with van der Waals surface area (Å²) < 4.78 is 15.1. The first-order valence-corrected chi connectivity index (χ1v) is 6.49. The van der Waals surface area contributed by atoms with Crippen molar-refractivity contribution in [3.63, 3.8) is 0 Å². The van der Waals surface area contributed by atoms with Crippen LogP contribution in [0.3, 0.4) is 0 Å². The number of benzene rings is 1. The molecule has 1 saturated heterocycles. The molecule has 2 rings (SSSR count). The maximum absolute atomic E-state index is 12.6. The first-order valence-electron chi connectivity index (χ1n) is 6.49. The standard InChI is InChI=1S/C14H18N2O5/c1-19-10-5-3-4-9(15)12(10)13(17)16-6-7-21-11(8-16)14(18)20-2/h3-5,11H,6-8,15H2,1-2H3. The van der Waals surface area contributed by atoms with E-state index in [0.29, 0.717) is 23.5 Å². The number of ether oxygens (including phenoxy) is 3. The van der Waals surface area contributed by atoms with Crippen molar-refractivity contribution in [3.05, 3.63) is 23.8 Å². The summed E-state index contributed by atoms with van der Waals surface area (Å²) >= 11 is 0. The van der Waals surface area contributed by atoms with Crippen LogP contribution in [0.15, 0.2) is 18.2 Å². The number of hydrogen-bond acceptors (Lipinski definition) is 6. The summed E-state index contributed by atoms with van der Waals surface area (Å²) in [5, 5.41) is 0. The third-order valence-corrected chi connectivity index (χ3v) is 3.31. The first kappa shape index (κ1) is 15.1. The zero-order valence-electron chi connectivity index (χ0n) is 12.0. The Hall–Kier alpha value is -2.28. The minimum absolute atomic E-state index is 0.128.